The van der Waals surface area contributed by atoms with Crippen molar-refractivity contribution in [1.29, 1.82) is 0 Å². The van der Waals surface area contributed by atoms with Crippen LogP contribution in [0.5, 0.6) is 0 Å². The first-order chi connectivity index (χ1) is 10.2. The summed E-state index contributed by atoms with van der Waals surface area (Å²) < 4.78 is 13.9. The third-order valence-corrected chi connectivity index (χ3v) is 3.96. The number of nitrogens with zero attached hydrogens (tertiary/aromatic N) is 4. The summed E-state index contributed by atoms with van der Waals surface area (Å²) in [7, 11) is 0. The van der Waals surface area contributed by atoms with E-state index in [9.17, 15) is 4.39 Å². The lowest BCUT2D eigenvalue weighted by molar-refractivity contribution is 0.180. The van der Waals surface area contributed by atoms with Crippen LogP contribution in [-0.4, -0.2) is 40.5 Å². The standard InChI is InChI=1S/C16H19FN4/c1-13-10-21(16-5-3-2-4-15(16)17)7-6-20(13)11-14-8-18-12-19-9-14/h2-5,8-9,12-13H,6-7,10-11H2,1H3. The number of para-hydroxylation sites is 1. The maximum absolute atomic E-state index is 13.9. The Kier molecular flexibility index (Phi) is 4.10. The molecule has 0 spiro atoms. The fraction of sp³-hybridized carbons (Fsp3) is 0.375. The van der Waals surface area contributed by atoms with Crippen molar-refractivity contribution in [3.05, 3.63) is 54.4 Å². The van der Waals surface area contributed by atoms with E-state index < -0.39 is 0 Å². The summed E-state index contributed by atoms with van der Waals surface area (Å²) in [6.45, 7) is 5.59. The first kappa shape index (κ1) is 13.9. The van der Waals surface area contributed by atoms with E-state index in [1.54, 1.807) is 12.4 Å². The van der Waals surface area contributed by atoms with Crippen molar-refractivity contribution in [3.8, 4) is 0 Å². The summed E-state index contributed by atoms with van der Waals surface area (Å²) in [4.78, 5) is 12.6. The van der Waals surface area contributed by atoms with Gasteiger partial charge in [0.05, 0.1) is 5.69 Å². The van der Waals surface area contributed by atoms with Crippen LogP contribution < -0.4 is 4.90 Å². The van der Waals surface area contributed by atoms with Crippen LogP contribution in [-0.2, 0) is 6.54 Å². The molecule has 0 bridgehead atoms. The molecule has 0 saturated carbocycles. The highest BCUT2D eigenvalue weighted by atomic mass is 19.1. The number of rotatable bonds is 3. The largest absolute Gasteiger partial charge is 0.366 e. The molecule has 0 N–H and O–H groups in total. The monoisotopic (exact) mass is 286 g/mol. The number of halogens is 1. The molecule has 1 atom stereocenters. The molecule has 0 amide bonds. The van der Waals surface area contributed by atoms with Crippen LogP contribution in [0.4, 0.5) is 10.1 Å². The van der Waals surface area contributed by atoms with E-state index in [1.807, 2.05) is 24.5 Å². The predicted molar refractivity (Wildman–Crippen MR) is 80.5 cm³/mol. The molecule has 1 aromatic carbocycles. The topological polar surface area (TPSA) is 32.3 Å². The van der Waals surface area contributed by atoms with Gasteiger partial charge in [0.1, 0.15) is 12.1 Å². The molecule has 4 nitrogen and oxygen atoms in total. The number of benzene rings is 1. The van der Waals surface area contributed by atoms with E-state index in [4.69, 9.17) is 0 Å². The van der Waals surface area contributed by atoms with Crippen LogP contribution in [0.3, 0.4) is 0 Å². The molecule has 1 aromatic heterocycles. The van der Waals surface area contributed by atoms with Gasteiger partial charge in [0.2, 0.25) is 0 Å². The molecule has 5 heteroatoms. The van der Waals surface area contributed by atoms with Crippen LogP contribution in [0.1, 0.15) is 12.5 Å². The van der Waals surface area contributed by atoms with Gasteiger partial charge in [-0.2, -0.15) is 0 Å². The van der Waals surface area contributed by atoms with Gasteiger partial charge in [-0.1, -0.05) is 12.1 Å². The Hall–Kier alpha value is -2.01. The quantitative estimate of drug-likeness (QED) is 0.867. The number of aromatic nitrogens is 2. The van der Waals surface area contributed by atoms with Crippen LogP contribution >= 0.6 is 0 Å². The van der Waals surface area contributed by atoms with Crippen molar-refractivity contribution in [3.63, 3.8) is 0 Å². The molecule has 0 radical (unpaired) electrons. The molecular weight excluding hydrogens is 267 g/mol. The van der Waals surface area contributed by atoms with Gasteiger partial charge in [0.25, 0.3) is 0 Å². The molecular formula is C16H19FN4. The molecule has 0 aliphatic carbocycles. The molecule has 21 heavy (non-hydrogen) atoms. The van der Waals surface area contributed by atoms with Crippen molar-refractivity contribution >= 4 is 5.69 Å². The Bertz CT molecular complexity index is 590. The van der Waals surface area contributed by atoms with Gasteiger partial charge in [-0.15, -0.1) is 0 Å². The van der Waals surface area contributed by atoms with E-state index in [0.717, 1.165) is 31.7 Å². The lowest BCUT2D eigenvalue weighted by Crippen LogP contribution is -2.51. The Balaban J connectivity index is 1.66. The van der Waals surface area contributed by atoms with E-state index in [-0.39, 0.29) is 5.82 Å². The normalized spacial score (nSPS) is 19.7. The molecule has 1 aliphatic heterocycles. The average molecular weight is 286 g/mol. The fourth-order valence-corrected chi connectivity index (χ4v) is 2.80. The molecule has 1 aliphatic rings. The zero-order valence-electron chi connectivity index (χ0n) is 12.1. The highest BCUT2D eigenvalue weighted by molar-refractivity contribution is 5.48. The third-order valence-electron chi connectivity index (χ3n) is 3.96. The fourth-order valence-electron chi connectivity index (χ4n) is 2.80. The van der Waals surface area contributed by atoms with Crippen molar-refractivity contribution in [1.82, 2.24) is 14.9 Å². The maximum atomic E-state index is 13.9. The second-order valence-corrected chi connectivity index (χ2v) is 5.46. The second kappa shape index (κ2) is 6.18. The van der Waals surface area contributed by atoms with E-state index in [1.165, 1.54) is 6.07 Å². The molecule has 1 saturated heterocycles. The van der Waals surface area contributed by atoms with Gasteiger partial charge in [0.15, 0.2) is 0 Å². The molecule has 1 fully saturated rings. The Labute approximate surface area is 124 Å². The van der Waals surface area contributed by atoms with E-state index >= 15 is 0 Å². The summed E-state index contributed by atoms with van der Waals surface area (Å²) in [5.74, 6) is -0.144. The first-order valence-corrected chi connectivity index (χ1v) is 7.21. The zero-order chi connectivity index (χ0) is 14.7. The number of hydrogen-bond acceptors (Lipinski definition) is 4. The Morgan fingerprint density at radius 3 is 2.67 bits per heavy atom. The summed E-state index contributed by atoms with van der Waals surface area (Å²) >= 11 is 0. The van der Waals surface area contributed by atoms with Gasteiger partial charge in [-0.3, -0.25) is 4.90 Å². The Morgan fingerprint density at radius 1 is 1.19 bits per heavy atom. The summed E-state index contributed by atoms with van der Waals surface area (Å²) in [6, 6.07) is 7.35. The predicted octanol–water partition coefficient (Wildman–Crippen LogP) is 2.33. The van der Waals surface area contributed by atoms with Gasteiger partial charge in [-0.05, 0) is 19.1 Å². The van der Waals surface area contributed by atoms with Crippen molar-refractivity contribution in [2.75, 3.05) is 24.5 Å². The highest BCUT2D eigenvalue weighted by Gasteiger charge is 2.25. The van der Waals surface area contributed by atoms with Crippen molar-refractivity contribution in [2.45, 2.75) is 19.5 Å². The van der Waals surface area contributed by atoms with E-state index in [2.05, 4.69) is 26.7 Å². The number of hydrogen-bond donors (Lipinski definition) is 0. The number of piperazine rings is 1. The molecule has 110 valence electrons. The summed E-state index contributed by atoms with van der Waals surface area (Å²) in [6.07, 6.45) is 5.25. The van der Waals surface area contributed by atoms with Crippen LogP contribution in [0.25, 0.3) is 0 Å². The minimum Gasteiger partial charge on any atom is -0.366 e. The summed E-state index contributed by atoms with van der Waals surface area (Å²) in [5.41, 5.74) is 1.82. The maximum Gasteiger partial charge on any atom is 0.146 e. The lowest BCUT2D eigenvalue weighted by Gasteiger charge is -2.41. The van der Waals surface area contributed by atoms with Crippen molar-refractivity contribution in [2.24, 2.45) is 0 Å². The third kappa shape index (κ3) is 3.19. The SMILES string of the molecule is CC1CN(c2ccccc2F)CCN1Cc1cncnc1. The van der Waals surface area contributed by atoms with Crippen molar-refractivity contribution < 1.29 is 4.39 Å². The lowest BCUT2D eigenvalue weighted by atomic mass is 10.1. The van der Waals surface area contributed by atoms with Gasteiger partial charge < -0.3 is 4.90 Å². The number of anilines is 1. The van der Waals surface area contributed by atoms with E-state index in [0.29, 0.717) is 11.7 Å². The highest BCUT2D eigenvalue weighted by Crippen LogP contribution is 2.22. The average Bonchev–Trinajstić information content (AvgIpc) is 2.51. The van der Waals surface area contributed by atoms with Crippen LogP contribution in [0.15, 0.2) is 43.0 Å². The molecule has 2 aromatic rings. The van der Waals surface area contributed by atoms with Gasteiger partial charge >= 0.3 is 0 Å². The smallest absolute Gasteiger partial charge is 0.146 e. The molecule has 2 heterocycles. The zero-order valence-corrected chi connectivity index (χ0v) is 12.1. The van der Waals surface area contributed by atoms with Crippen LogP contribution in [0.2, 0.25) is 0 Å². The van der Waals surface area contributed by atoms with Crippen LogP contribution in [0, 0.1) is 5.82 Å². The Morgan fingerprint density at radius 2 is 1.95 bits per heavy atom. The first-order valence-electron chi connectivity index (χ1n) is 7.21. The van der Waals surface area contributed by atoms with Gasteiger partial charge in [0, 0.05) is 50.2 Å². The molecule has 1 unspecified atom stereocenters. The minimum absolute atomic E-state index is 0.144. The molecule has 3 rings (SSSR count). The van der Waals surface area contributed by atoms with Gasteiger partial charge in [-0.25, -0.2) is 14.4 Å². The minimum atomic E-state index is -0.144. The second-order valence-electron chi connectivity index (χ2n) is 5.46. The summed E-state index contributed by atoms with van der Waals surface area (Å²) in [5, 5.41) is 0.